The molecule has 12 nitrogen and oxygen atoms in total. The molecule has 38 heavy (non-hydrogen) atoms. The SMILES string of the molecule is CCCC(CC)(C(=O)[O-])C(=O)[O-].CCCC(CC)(C(=O)[O-])C(=O)[O-].CCCC(CC)(C(=O)[O-])C(=O)[O-].[In+3].[In+3]. The van der Waals surface area contributed by atoms with Gasteiger partial charge >= 0.3 is 51.7 Å². The summed E-state index contributed by atoms with van der Waals surface area (Å²) in [6.45, 7) is 9.66. The van der Waals surface area contributed by atoms with E-state index in [1.807, 2.05) is 0 Å². The molecular formula is C24H36In2O12. The van der Waals surface area contributed by atoms with Gasteiger partial charge in [-0.2, -0.15) is 0 Å². The first-order valence-corrected chi connectivity index (χ1v) is 11.8. The van der Waals surface area contributed by atoms with Crippen LogP contribution in [0, 0.1) is 16.2 Å². The number of carboxylic acids is 6. The monoisotopic (exact) mass is 746 g/mol. The Kier molecular flexibility index (Phi) is 27.3. The predicted octanol–water partition coefficient (Wildman–Crippen LogP) is -4.71. The molecular weight excluding hydrogens is 710 g/mol. The molecule has 0 unspecified atom stereocenters. The Hall–Kier alpha value is -1.44. The molecule has 14 heteroatoms. The molecule has 0 aromatic heterocycles. The van der Waals surface area contributed by atoms with Crippen molar-refractivity contribution in [3.05, 3.63) is 0 Å². The molecule has 0 aliphatic carbocycles. The Morgan fingerprint density at radius 1 is 0.395 bits per heavy atom. The number of carbonyl (C=O) groups excluding carboxylic acids is 6. The Morgan fingerprint density at radius 3 is 0.553 bits per heavy atom. The second kappa shape index (κ2) is 22.4. The molecule has 0 radical (unpaired) electrons. The zero-order chi connectivity index (χ0) is 29.3. The van der Waals surface area contributed by atoms with Gasteiger partial charge in [-0.05, 0) is 38.5 Å². The second-order valence-electron chi connectivity index (χ2n) is 8.28. The summed E-state index contributed by atoms with van der Waals surface area (Å²) in [4.78, 5) is 63.3. The van der Waals surface area contributed by atoms with E-state index in [2.05, 4.69) is 0 Å². The van der Waals surface area contributed by atoms with Gasteiger partial charge in [-0.1, -0.05) is 60.8 Å². The first kappa shape index (κ1) is 46.4. The van der Waals surface area contributed by atoms with Crippen molar-refractivity contribution in [2.45, 2.75) is 99.3 Å². The van der Waals surface area contributed by atoms with E-state index in [1.165, 1.54) is 20.8 Å². The van der Waals surface area contributed by atoms with Crippen LogP contribution in [0.2, 0.25) is 0 Å². The fraction of sp³-hybridized carbons (Fsp3) is 0.750. The van der Waals surface area contributed by atoms with Gasteiger partial charge in [0, 0.05) is 16.2 Å². The van der Waals surface area contributed by atoms with E-state index in [4.69, 9.17) is 0 Å². The zero-order valence-electron chi connectivity index (χ0n) is 22.9. The van der Waals surface area contributed by atoms with Crippen LogP contribution in [0.5, 0.6) is 0 Å². The normalized spacial score (nSPS) is 10.6. The zero-order valence-corrected chi connectivity index (χ0v) is 29.5. The molecule has 0 atom stereocenters. The number of rotatable bonds is 15. The molecule has 0 N–H and O–H groups in total. The molecule has 0 amide bonds. The molecule has 0 bridgehead atoms. The average Bonchev–Trinajstić information content (AvgIpc) is 2.78. The smallest absolute Gasteiger partial charge is 0.549 e. The van der Waals surface area contributed by atoms with E-state index in [0.717, 1.165) is 0 Å². The van der Waals surface area contributed by atoms with Crippen LogP contribution in [-0.2, 0) is 28.8 Å². The van der Waals surface area contributed by atoms with Gasteiger partial charge in [0.2, 0.25) is 0 Å². The minimum atomic E-state index is -1.80. The summed E-state index contributed by atoms with van der Waals surface area (Å²) in [6.07, 6.45) is 1.65. The summed E-state index contributed by atoms with van der Waals surface area (Å²) in [5.74, 6) is -9.30. The Labute approximate surface area is 261 Å². The summed E-state index contributed by atoms with van der Waals surface area (Å²) >= 11 is 0. The second-order valence-corrected chi connectivity index (χ2v) is 8.28. The van der Waals surface area contributed by atoms with Crippen molar-refractivity contribution in [2.75, 3.05) is 0 Å². The number of carbonyl (C=O) groups is 6. The number of carboxylic acid groups (broad SMARTS) is 6. The third-order valence-electron chi connectivity index (χ3n) is 6.19. The van der Waals surface area contributed by atoms with Crippen molar-refractivity contribution >= 4 is 87.5 Å². The van der Waals surface area contributed by atoms with Crippen LogP contribution in [0.1, 0.15) is 99.3 Å². The van der Waals surface area contributed by atoms with Crippen LogP contribution in [0.25, 0.3) is 0 Å². The maximum atomic E-state index is 10.6. The first-order chi connectivity index (χ1) is 16.5. The molecule has 0 saturated carbocycles. The number of hydrogen-bond acceptors (Lipinski definition) is 12. The molecule has 0 aromatic carbocycles. The first-order valence-electron chi connectivity index (χ1n) is 11.8. The van der Waals surface area contributed by atoms with Crippen LogP contribution in [-0.4, -0.2) is 87.5 Å². The quantitative estimate of drug-likeness (QED) is 0.144. The molecule has 0 fully saturated rings. The van der Waals surface area contributed by atoms with Gasteiger partial charge in [-0.3, -0.25) is 0 Å². The predicted molar refractivity (Wildman–Crippen MR) is 124 cm³/mol. The molecule has 0 heterocycles. The Morgan fingerprint density at radius 2 is 0.526 bits per heavy atom. The van der Waals surface area contributed by atoms with Crippen molar-refractivity contribution in [1.82, 2.24) is 0 Å². The number of hydrogen-bond donors (Lipinski definition) is 0. The fourth-order valence-electron chi connectivity index (χ4n) is 3.54. The molecule has 210 valence electrons. The third-order valence-corrected chi connectivity index (χ3v) is 6.19. The van der Waals surface area contributed by atoms with E-state index in [9.17, 15) is 59.4 Å². The van der Waals surface area contributed by atoms with Gasteiger partial charge in [0.25, 0.3) is 0 Å². The summed E-state index contributed by atoms with van der Waals surface area (Å²) in [6, 6.07) is 0. The van der Waals surface area contributed by atoms with Gasteiger partial charge in [-0.25, -0.2) is 0 Å². The molecule has 0 spiro atoms. The van der Waals surface area contributed by atoms with E-state index < -0.39 is 52.1 Å². The molecule has 0 aliphatic rings. The maximum absolute atomic E-state index is 10.6. The molecule has 0 saturated heterocycles. The minimum absolute atomic E-state index is 0. The molecule has 0 aliphatic heterocycles. The van der Waals surface area contributed by atoms with Crippen molar-refractivity contribution in [3.63, 3.8) is 0 Å². The summed E-state index contributed by atoms with van der Waals surface area (Å²) < 4.78 is 0. The van der Waals surface area contributed by atoms with Crippen molar-refractivity contribution < 1.29 is 59.4 Å². The van der Waals surface area contributed by atoms with Gasteiger partial charge in [-0.15, -0.1) is 0 Å². The van der Waals surface area contributed by atoms with Gasteiger partial charge in [0.1, 0.15) is 0 Å². The van der Waals surface area contributed by atoms with E-state index in [-0.39, 0.29) is 90.2 Å². The van der Waals surface area contributed by atoms with Gasteiger partial charge < -0.3 is 59.4 Å². The van der Waals surface area contributed by atoms with Crippen LogP contribution < -0.4 is 30.6 Å². The van der Waals surface area contributed by atoms with Crippen LogP contribution in [0.3, 0.4) is 0 Å². The third kappa shape index (κ3) is 12.6. The average molecular weight is 746 g/mol. The summed E-state index contributed by atoms with van der Waals surface area (Å²) in [5.41, 5.74) is -5.39. The summed E-state index contributed by atoms with van der Waals surface area (Å²) in [5, 5.41) is 63.3. The van der Waals surface area contributed by atoms with Crippen LogP contribution in [0.15, 0.2) is 0 Å². The van der Waals surface area contributed by atoms with Crippen LogP contribution in [0.4, 0.5) is 0 Å². The Balaban J connectivity index is -0.000000140. The van der Waals surface area contributed by atoms with Gasteiger partial charge in [0.05, 0.1) is 35.8 Å². The molecule has 0 aromatic rings. The van der Waals surface area contributed by atoms with E-state index in [0.29, 0.717) is 19.3 Å². The maximum Gasteiger partial charge on any atom is 3.00 e. The largest absolute Gasteiger partial charge is 3.00 e. The molecule has 0 rings (SSSR count). The topological polar surface area (TPSA) is 241 Å². The number of aliphatic carboxylic acids is 6. The van der Waals surface area contributed by atoms with Crippen molar-refractivity contribution in [3.8, 4) is 0 Å². The van der Waals surface area contributed by atoms with Gasteiger partial charge in [0.15, 0.2) is 0 Å². The van der Waals surface area contributed by atoms with E-state index >= 15 is 0 Å². The summed E-state index contributed by atoms with van der Waals surface area (Å²) in [7, 11) is 0. The van der Waals surface area contributed by atoms with E-state index in [1.54, 1.807) is 20.8 Å². The standard InChI is InChI=1S/3C8H14O4.2In/c3*1-3-5-8(4-2,6(9)10)7(11)12;;/h3*3-5H2,1-2H3,(H,9,10)(H,11,12);;/q;;;2*+3/p-6. The Bertz CT molecular complexity index is 626. The fourth-order valence-corrected chi connectivity index (χ4v) is 3.54. The minimum Gasteiger partial charge on any atom is -0.549 e. The van der Waals surface area contributed by atoms with Crippen molar-refractivity contribution in [1.29, 1.82) is 0 Å². The van der Waals surface area contributed by atoms with Crippen LogP contribution >= 0.6 is 0 Å². The van der Waals surface area contributed by atoms with Crippen molar-refractivity contribution in [2.24, 2.45) is 16.2 Å².